The highest BCUT2D eigenvalue weighted by Gasteiger charge is 2.11. The van der Waals surface area contributed by atoms with Gasteiger partial charge in [-0.3, -0.25) is 0 Å². The van der Waals surface area contributed by atoms with Crippen LogP contribution in [0.5, 0.6) is 0 Å². The number of nitrogens with two attached hydrogens (primary N) is 1. The third-order valence-corrected chi connectivity index (χ3v) is 3.62. The molecule has 0 saturated carbocycles. The van der Waals surface area contributed by atoms with Gasteiger partial charge in [0.25, 0.3) is 0 Å². The zero-order chi connectivity index (χ0) is 9.36. The van der Waals surface area contributed by atoms with E-state index in [1.54, 1.807) is 0 Å². The Labute approximate surface area is 86.0 Å². The lowest BCUT2D eigenvalue weighted by molar-refractivity contribution is 0.395. The summed E-state index contributed by atoms with van der Waals surface area (Å²) in [5.41, 5.74) is 5.43. The van der Waals surface area contributed by atoms with Crippen LogP contribution >= 0.6 is 11.8 Å². The average Bonchev–Trinajstić information content (AvgIpc) is 2.19. The van der Waals surface area contributed by atoms with Gasteiger partial charge in [0.15, 0.2) is 0 Å². The van der Waals surface area contributed by atoms with Crippen LogP contribution in [-0.4, -0.2) is 30.6 Å². The number of piperidine rings is 1. The molecule has 0 bridgehead atoms. The predicted octanol–water partition coefficient (Wildman–Crippen LogP) is 1.60. The number of nitrogens with one attached hydrogen (secondary N) is 1. The maximum Gasteiger partial charge on any atom is 0.00749 e. The maximum absolute atomic E-state index is 5.43. The van der Waals surface area contributed by atoms with E-state index in [-0.39, 0.29) is 0 Å². The fraction of sp³-hybridized carbons (Fsp3) is 1.00. The van der Waals surface area contributed by atoms with Gasteiger partial charge in [0.1, 0.15) is 0 Å². The van der Waals surface area contributed by atoms with Gasteiger partial charge in [-0.15, -0.1) is 0 Å². The zero-order valence-electron chi connectivity index (χ0n) is 8.43. The molecule has 78 valence electrons. The van der Waals surface area contributed by atoms with Crippen LogP contribution in [0.4, 0.5) is 0 Å². The van der Waals surface area contributed by atoms with Gasteiger partial charge >= 0.3 is 0 Å². The van der Waals surface area contributed by atoms with Gasteiger partial charge in [0, 0.05) is 6.04 Å². The average molecular weight is 202 g/mol. The molecule has 1 aliphatic rings. The summed E-state index contributed by atoms with van der Waals surface area (Å²) >= 11 is 2.05. The summed E-state index contributed by atoms with van der Waals surface area (Å²) in [5, 5.41) is 3.57. The van der Waals surface area contributed by atoms with Gasteiger partial charge in [-0.1, -0.05) is 6.42 Å². The highest BCUT2D eigenvalue weighted by atomic mass is 32.2. The van der Waals surface area contributed by atoms with Crippen LogP contribution in [0.3, 0.4) is 0 Å². The van der Waals surface area contributed by atoms with Crippen molar-refractivity contribution in [1.29, 1.82) is 0 Å². The molecule has 1 rings (SSSR count). The van der Waals surface area contributed by atoms with Gasteiger partial charge in [0.2, 0.25) is 0 Å². The van der Waals surface area contributed by atoms with Crippen molar-refractivity contribution in [2.45, 2.75) is 38.1 Å². The lowest BCUT2D eigenvalue weighted by Gasteiger charge is -2.23. The van der Waals surface area contributed by atoms with Gasteiger partial charge in [-0.25, -0.2) is 0 Å². The Hall–Kier alpha value is 0.270. The molecule has 13 heavy (non-hydrogen) atoms. The zero-order valence-corrected chi connectivity index (χ0v) is 9.24. The summed E-state index contributed by atoms with van der Waals surface area (Å²) in [6.45, 7) is 2.08. The van der Waals surface area contributed by atoms with Gasteiger partial charge in [-0.2, -0.15) is 11.8 Å². The topological polar surface area (TPSA) is 38.0 Å². The van der Waals surface area contributed by atoms with E-state index in [1.165, 1.54) is 50.2 Å². The third-order valence-electron chi connectivity index (χ3n) is 2.52. The molecule has 1 atom stereocenters. The fourth-order valence-corrected chi connectivity index (χ4v) is 2.71. The minimum absolute atomic E-state index is 0.805. The standard InChI is InChI=1S/C10H22N2S/c11-6-3-8-13-9-5-10-4-1-2-7-12-10/h10,12H,1-9,11H2. The highest BCUT2D eigenvalue weighted by Crippen LogP contribution is 2.13. The normalized spacial score (nSPS) is 23.3. The molecule has 0 aromatic carbocycles. The van der Waals surface area contributed by atoms with Crippen molar-refractivity contribution < 1.29 is 0 Å². The van der Waals surface area contributed by atoms with E-state index in [9.17, 15) is 0 Å². The molecule has 1 heterocycles. The minimum Gasteiger partial charge on any atom is -0.330 e. The van der Waals surface area contributed by atoms with Crippen molar-refractivity contribution in [2.24, 2.45) is 5.73 Å². The molecule has 0 aliphatic carbocycles. The Morgan fingerprint density at radius 1 is 1.31 bits per heavy atom. The number of hydrogen-bond acceptors (Lipinski definition) is 3. The van der Waals surface area contributed by atoms with E-state index in [1.807, 2.05) is 0 Å². The van der Waals surface area contributed by atoms with Crippen LogP contribution in [-0.2, 0) is 0 Å². The van der Waals surface area contributed by atoms with Crippen LogP contribution in [0.2, 0.25) is 0 Å². The van der Waals surface area contributed by atoms with Crippen LogP contribution < -0.4 is 11.1 Å². The van der Waals surface area contributed by atoms with E-state index in [2.05, 4.69) is 17.1 Å². The summed E-state index contributed by atoms with van der Waals surface area (Å²) < 4.78 is 0. The Kier molecular flexibility index (Phi) is 6.68. The molecule has 0 spiro atoms. The summed E-state index contributed by atoms with van der Waals surface area (Å²) in [5.74, 6) is 2.54. The van der Waals surface area contributed by atoms with Crippen molar-refractivity contribution in [1.82, 2.24) is 5.32 Å². The van der Waals surface area contributed by atoms with Crippen LogP contribution in [0.1, 0.15) is 32.1 Å². The molecule has 0 aromatic heterocycles. The van der Waals surface area contributed by atoms with Crippen LogP contribution in [0.15, 0.2) is 0 Å². The van der Waals surface area contributed by atoms with Crippen molar-refractivity contribution >= 4 is 11.8 Å². The minimum atomic E-state index is 0.805. The largest absolute Gasteiger partial charge is 0.330 e. The summed E-state index contributed by atoms with van der Waals surface area (Å²) in [6, 6.07) is 0.805. The van der Waals surface area contributed by atoms with Gasteiger partial charge in [0.05, 0.1) is 0 Å². The number of thioether (sulfide) groups is 1. The Bertz CT molecular complexity index is 113. The van der Waals surface area contributed by atoms with E-state index in [0.29, 0.717) is 0 Å². The number of rotatable bonds is 6. The summed E-state index contributed by atoms with van der Waals surface area (Å²) in [6.07, 6.45) is 6.69. The summed E-state index contributed by atoms with van der Waals surface area (Å²) in [7, 11) is 0. The first kappa shape index (κ1) is 11.3. The second-order valence-corrected chi connectivity index (χ2v) is 4.91. The first-order valence-corrected chi connectivity index (χ1v) is 6.60. The Morgan fingerprint density at radius 2 is 2.23 bits per heavy atom. The molecule has 0 radical (unpaired) electrons. The quantitative estimate of drug-likeness (QED) is 0.643. The Balaban J connectivity index is 1.86. The molecule has 1 saturated heterocycles. The molecule has 3 heteroatoms. The fourth-order valence-electron chi connectivity index (χ4n) is 1.68. The first-order valence-electron chi connectivity index (χ1n) is 5.44. The third kappa shape index (κ3) is 5.55. The van der Waals surface area contributed by atoms with Crippen molar-refractivity contribution in [2.75, 3.05) is 24.6 Å². The van der Waals surface area contributed by atoms with Crippen LogP contribution in [0.25, 0.3) is 0 Å². The lowest BCUT2D eigenvalue weighted by Crippen LogP contribution is -2.34. The smallest absolute Gasteiger partial charge is 0.00749 e. The second kappa shape index (κ2) is 7.65. The SMILES string of the molecule is NCCCSCCC1CCCCN1. The van der Waals surface area contributed by atoms with Crippen molar-refractivity contribution in [3.63, 3.8) is 0 Å². The molecule has 1 fully saturated rings. The molecule has 2 nitrogen and oxygen atoms in total. The van der Waals surface area contributed by atoms with Crippen molar-refractivity contribution in [3.8, 4) is 0 Å². The highest BCUT2D eigenvalue weighted by molar-refractivity contribution is 7.99. The van der Waals surface area contributed by atoms with Crippen LogP contribution in [0, 0.1) is 0 Å². The van der Waals surface area contributed by atoms with E-state index < -0.39 is 0 Å². The Morgan fingerprint density at radius 3 is 2.92 bits per heavy atom. The predicted molar refractivity (Wildman–Crippen MR) is 61.3 cm³/mol. The monoisotopic (exact) mass is 202 g/mol. The summed E-state index contributed by atoms with van der Waals surface area (Å²) in [4.78, 5) is 0. The van der Waals surface area contributed by atoms with Gasteiger partial charge < -0.3 is 11.1 Å². The molecule has 0 aromatic rings. The maximum atomic E-state index is 5.43. The molecular weight excluding hydrogens is 180 g/mol. The number of hydrogen-bond donors (Lipinski definition) is 2. The molecule has 3 N–H and O–H groups in total. The molecular formula is C10H22N2S. The molecule has 1 aliphatic heterocycles. The molecule has 0 amide bonds. The van der Waals surface area contributed by atoms with Gasteiger partial charge in [-0.05, 0) is 50.3 Å². The first-order chi connectivity index (χ1) is 6.43. The van der Waals surface area contributed by atoms with E-state index in [4.69, 9.17) is 5.73 Å². The van der Waals surface area contributed by atoms with E-state index in [0.717, 1.165) is 12.6 Å². The molecule has 1 unspecified atom stereocenters. The lowest BCUT2D eigenvalue weighted by atomic mass is 10.0. The second-order valence-electron chi connectivity index (χ2n) is 3.69. The van der Waals surface area contributed by atoms with E-state index >= 15 is 0 Å². The van der Waals surface area contributed by atoms with Crippen molar-refractivity contribution in [3.05, 3.63) is 0 Å².